The molecule has 0 aromatic carbocycles. The Labute approximate surface area is 215 Å². The van der Waals surface area contributed by atoms with Crippen LogP contribution in [-0.4, -0.2) is 54.9 Å². The van der Waals surface area contributed by atoms with Crippen molar-refractivity contribution >= 4 is 33.1 Å². The molecule has 1 aliphatic heterocycles. The molecule has 11 nitrogen and oxygen atoms in total. The van der Waals surface area contributed by atoms with Gasteiger partial charge in [-0.1, -0.05) is 0 Å². The van der Waals surface area contributed by atoms with Gasteiger partial charge in [-0.05, 0) is 50.6 Å². The molecule has 0 spiro atoms. The predicted molar refractivity (Wildman–Crippen MR) is 138 cm³/mol. The summed E-state index contributed by atoms with van der Waals surface area (Å²) in [5.41, 5.74) is 1.65. The number of hydrogen-bond donors (Lipinski definition) is 2. The number of sulfone groups is 1. The van der Waals surface area contributed by atoms with E-state index >= 15 is 0 Å². The van der Waals surface area contributed by atoms with Crippen molar-refractivity contribution in [2.75, 3.05) is 30.6 Å². The molecule has 1 amide bonds. The number of nitrogens with one attached hydrogen (secondary N) is 2. The minimum absolute atomic E-state index is 0.103. The molecule has 2 N–H and O–H groups in total. The van der Waals surface area contributed by atoms with E-state index in [1.807, 2.05) is 13.8 Å². The zero-order valence-electron chi connectivity index (χ0n) is 21.4. The van der Waals surface area contributed by atoms with Crippen LogP contribution in [0.15, 0.2) is 41.6 Å². The van der Waals surface area contributed by atoms with Crippen LogP contribution in [0.4, 0.5) is 17.3 Å². The summed E-state index contributed by atoms with van der Waals surface area (Å²) in [6.07, 6.45) is 2.27. The normalized spacial score (nSPS) is 15.1. The maximum absolute atomic E-state index is 12.3. The molecule has 1 aliphatic rings. The fraction of sp³-hybridized carbons (Fsp3) is 0.360. The maximum Gasteiger partial charge on any atom is 0.258 e. The lowest BCUT2D eigenvalue weighted by molar-refractivity contribution is -0.114. The summed E-state index contributed by atoms with van der Waals surface area (Å²) in [4.78, 5) is 24.9. The van der Waals surface area contributed by atoms with Gasteiger partial charge >= 0.3 is 0 Å². The molecule has 12 heteroatoms. The highest BCUT2D eigenvalue weighted by atomic mass is 32.2. The highest BCUT2D eigenvalue weighted by molar-refractivity contribution is 7.90. The van der Waals surface area contributed by atoms with Gasteiger partial charge in [-0.2, -0.15) is 0 Å². The Bertz CT molecular complexity index is 1460. The molecule has 1 atom stereocenters. The van der Waals surface area contributed by atoms with Crippen LogP contribution in [0.5, 0.6) is 11.6 Å². The fourth-order valence-corrected chi connectivity index (χ4v) is 4.22. The van der Waals surface area contributed by atoms with Crippen LogP contribution in [-0.2, 0) is 19.4 Å². The number of nitrogens with zero attached hydrogens (tertiary/aromatic N) is 3. The van der Waals surface area contributed by atoms with Gasteiger partial charge in [-0.25, -0.2) is 23.4 Å². The van der Waals surface area contributed by atoms with E-state index in [1.54, 1.807) is 37.4 Å². The lowest BCUT2D eigenvalue weighted by atomic mass is 10.1. The minimum atomic E-state index is -3.61. The molecule has 0 saturated heterocycles. The molecule has 0 radical (unpaired) electrons. The Balaban J connectivity index is 1.82. The maximum atomic E-state index is 12.3. The summed E-state index contributed by atoms with van der Waals surface area (Å²) in [6.45, 7) is 7.38. The first-order valence-corrected chi connectivity index (χ1v) is 13.4. The van der Waals surface area contributed by atoms with Gasteiger partial charge in [0.1, 0.15) is 23.8 Å². The molecular weight excluding hydrogens is 498 g/mol. The molecule has 4 rings (SSSR count). The molecule has 196 valence electrons. The number of carbonyl (C=O) groups is 1. The van der Waals surface area contributed by atoms with Gasteiger partial charge in [0, 0.05) is 38.1 Å². The third-order valence-electron chi connectivity index (χ3n) is 5.55. The Kier molecular flexibility index (Phi) is 7.07. The number of ether oxygens (including phenoxy) is 3. The van der Waals surface area contributed by atoms with E-state index in [4.69, 9.17) is 14.2 Å². The molecule has 0 bridgehead atoms. The molecule has 4 heterocycles. The van der Waals surface area contributed by atoms with E-state index < -0.39 is 15.4 Å². The zero-order chi connectivity index (χ0) is 27.0. The lowest BCUT2D eigenvalue weighted by Gasteiger charge is -2.31. The summed E-state index contributed by atoms with van der Waals surface area (Å²) in [7, 11) is -2.07. The van der Waals surface area contributed by atoms with Gasteiger partial charge in [-0.3, -0.25) is 4.79 Å². The van der Waals surface area contributed by atoms with Crippen LogP contribution in [0.2, 0.25) is 0 Å². The molecule has 0 fully saturated rings. The first-order chi connectivity index (χ1) is 17.3. The second-order valence-electron chi connectivity index (χ2n) is 9.35. The lowest BCUT2D eigenvalue weighted by Crippen LogP contribution is -2.39. The smallest absolute Gasteiger partial charge is 0.258 e. The molecule has 0 unspecified atom stereocenters. The van der Waals surface area contributed by atoms with Crippen molar-refractivity contribution in [1.29, 1.82) is 0 Å². The van der Waals surface area contributed by atoms with Gasteiger partial charge in [0.2, 0.25) is 5.91 Å². The average Bonchev–Trinajstić information content (AvgIpc) is 2.81. The van der Waals surface area contributed by atoms with Gasteiger partial charge in [-0.15, -0.1) is 0 Å². The number of pyridine rings is 3. The van der Waals surface area contributed by atoms with Crippen LogP contribution in [0.25, 0.3) is 11.3 Å². The molecule has 0 saturated carbocycles. The van der Waals surface area contributed by atoms with E-state index in [9.17, 15) is 13.2 Å². The summed E-state index contributed by atoms with van der Waals surface area (Å²) in [5, 5.41) is 5.73. The summed E-state index contributed by atoms with van der Waals surface area (Å²) < 4.78 is 41.8. The standard InChI is InChI=1S/C25H29N5O6S/c1-14(34-5)16-9-22(30-23(10-16)37(6,32)33)28-19-11-21(27-15(2)31)26-12-17(19)18-7-8-20-24(29-18)36-25(3,4)13-35-20/h7-12,14H,13H2,1-6H3,(H2,26,27,28,30,31)/t14-/m1/s1. The largest absolute Gasteiger partial charge is 0.484 e. The minimum Gasteiger partial charge on any atom is -0.484 e. The molecule has 0 aliphatic carbocycles. The third kappa shape index (κ3) is 6.15. The summed E-state index contributed by atoms with van der Waals surface area (Å²) >= 11 is 0. The van der Waals surface area contributed by atoms with Crippen molar-refractivity contribution in [3.63, 3.8) is 0 Å². The number of aromatic nitrogens is 3. The van der Waals surface area contributed by atoms with Gasteiger partial charge in [0.15, 0.2) is 20.6 Å². The highest BCUT2D eigenvalue weighted by Gasteiger charge is 2.29. The first-order valence-electron chi connectivity index (χ1n) is 11.5. The quantitative estimate of drug-likeness (QED) is 0.464. The second kappa shape index (κ2) is 9.94. The van der Waals surface area contributed by atoms with Crippen molar-refractivity contribution in [1.82, 2.24) is 15.0 Å². The van der Waals surface area contributed by atoms with Crippen molar-refractivity contribution in [2.24, 2.45) is 0 Å². The number of fused-ring (bicyclic) bond motifs is 1. The number of carbonyl (C=O) groups excluding carboxylic acids is 1. The molecule has 3 aromatic rings. The van der Waals surface area contributed by atoms with Gasteiger partial charge < -0.3 is 24.8 Å². The van der Waals surface area contributed by atoms with E-state index in [0.29, 0.717) is 46.6 Å². The van der Waals surface area contributed by atoms with Crippen molar-refractivity contribution < 1.29 is 27.4 Å². The van der Waals surface area contributed by atoms with E-state index in [0.717, 1.165) is 6.26 Å². The number of anilines is 3. The zero-order valence-corrected chi connectivity index (χ0v) is 22.3. The van der Waals surface area contributed by atoms with E-state index in [1.165, 1.54) is 20.1 Å². The van der Waals surface area contributed by atoms with E-state index in [2.05, 4.69) is 25.6 Å². The Morgan fingerprint density at radius 2 is 1.92 bits per heavy atom. The SMILES string of the molecule is CO[C@H](C)c1cc(Nc2cc(NC(C)=O)ncc2-c2ccc3c(n2)OC(C)(C)CO3)nc(S(C)(=O)=O)c1. The Hall–Kier alpha value is -3.77. The summed E-state index contributed by atoms with van der Waals surface area (Å²) in [5.74, 6) is 1.14. The number of rotatable bonds is 7. The van der Waals surface area contributed by atoms with Crippen LogP contribution >= 0.6 is 0 Å². The van der Waals surface area contributed by atoms with Crippen molar-refractivity contribution in [2.45, 2.75) is 44.4 Å². The number of methoxy groups -OCH3 is 1. The predicted octanol–water partition coefficient (Wildman–Crippen LogP) is 3.90. The van der Waals surface area contributed by atoms with Crippen LogP contribution in [0, 0.1) is 0 Å². The highest BCUT2D eigenvalue weighted by Crippen LogP contribution is 2.38. The molecular formula is C25H29N5O6S. The Morgan fingerprint density at radius 1 is 1.16 bits per heavy atom. The topological polar surface area (TPSA) is 142 Å². The van der Waals surface area contributed by atoms with Crippen LogP contribution < -0.4 is 20.1 Å². The Morgan fingerprint density at radius 3 is 2.59 bits per heavy atom. The number of amides is 1. The van der Waals surface area contributed by atoms with Crippen molar-refractivity contribution in [3.05, 3.63) is 42.1 Å². The monoisotopic (exact) mass is 527 g/mol. The fourth-order valence-electron chi connectivity index (χ4n) is 3.60. The van der Waals surface area contributed by atoms with Gasteiger partial charge in [0.25, 0.3) is 5.88 Å². The van der Waals surface area contributed by atoms with Crippen LogP contribution in [0.3, 0.4) is 0 Å². The first kappa shape index (κ1) is 26.3. The van der Waals surface area contributed by atoms with Gasteiger partial charge in [0.05, 0.1) is 17.5 Å². The third-order valence-corrected chi connectivity index (χ3v) is 6.52. The van der Waals surface area contributed by atoms with E-state index in [-0.39, 0.29) is 22.9 Å². The van der Waals surface area contributed by atoms with Crippen LogP contribution in [0.1, 0.15) is 39.4 Å². The average molecular weight is 528 g/mol. The van der Waals surface area contributed by atoms with Crippen molar-refractivity contribution in [3.8, 4) is 22.9 Å². The number of hydrogen-bond acceptors (Lipinski definition) is 10. The molecule has 3 aromatic heterocycles. The molecule has 37 heavy (non-hydrogen) atoms. The summed E-state index contributed by atoms with van der Waals surface area (Å²) in [6, 6.07) is 8.33. The second-order valence-corrected chi connectivity index (χ2v) is 11.3.